The molecule has 17 heavy (non-hydrogen) atoms. The molecule has 0 aromatic carbocycles. The number of ketones is 1. The number of hydrogen-bond acceptors (Lipinski definition) is 5. The molecule has 0 N–H and O–H groups in total. The standard InChI is InChI=1S/C12H16O4S/c1-3-15-12(14)5-4-10(13)8-17-11-6-7-16-9(11)2/h6-7H,3-5,8H2,1-2H3. The molecule has 1 aromatic rings. The summed E-state index contributed by atoms with van der Waals surface area (Å²) in [6, 6.07) is 1.83. The van der Waals surface area contributed by atoms with E-state index in [9.17, 15) is 9.59 Å². The van der Waals surface area contributed by atoms with Crippen LogP contribution in [-0.4, -0.2) is 24.1 Å². The largest absolute Gasteiger partial charge is 0.468 e. The van der Waals surface area contributed by atoms with Crippen molar-refractivity contribution >= 4 is 23.5 Å². The Balaban J connectivity index is 2.22. The van der Waals surface area contributed by atoms with Crippen LogP contribution in [0.5, 0.6) is 0 Å². The number of rotatable bonds is 7. The highest BCUT2D eigenvalue weighted by atomic mass is 32.2. The molecular weight excluding hydrogens is 240 g/mol. The third kappa shape index (κ3) is 5.08. The third-order valence-corrected chi connectivity index (χ3v) is 3.31. The van der Waals surface area contributed by atoms with Crippen molar-refractivity contribution in [3.8, 4) is 0 Å². The van der Waals surface area contributed by atoms with Crippen molar-refractivity contribution in [1.82, 2.24) is 0 Å². The predicted octanol–water partition coefficient (Wildman–Crippen LogP) is 2.59. The maximum atomic E-state index is 11.5. The number of aryl methyl sites for hydroxylation is 1. The van der Waals surface area contributed by atoms with Crippen LogP contribution in [0.2, 0.25) is 0 Å². The zero-order chi connectivity index (χ0) is 12.7. The van der Waals surface area contributed by atoms with Gasteiger partial charge in [-0.15, -0.1) is 11.8 Å². The molecule has 0 aliphatic rings. The minimum Gasteiger partial charge on any atom is -0.468 e. The summed E-state index contributed by atoms with van der Waals surface area (Å²) < 4.78 is 9.87. The molecule has 0 aliphatic heterocycles. The zero-order valence-corrected chi connectivity index (χ0v) is 10.8. The van der Waals surface area contributed by atoms with E-state index in [1.54, 1.807) is 13.2 Å². The van der Waals surface area contributed by atoms with E-state index in [-0.39, 0.29) is 24.6 Å². The zero-order valence-electron chi connectivity index (χ0n) is 10.0. The Labute approximate surface area is 105 Å². The molecule has 0 amide bonds. The lowest BCUT2D eigenvalue weighted by Gasteiger charge is -2.01. The minimum absolute atomic E-state index is 0.0450. The van der Waals surface area contributed by atoms with E-state index in [0.29, 0.717) is 12.4 Å². The lowest BCUT2D eigenvalue weighted by Crippen LogP contribution is -2.09. The van der Waals surface area contributed by atoms with Crippen LogP contribution in [0.25, 0.3) is 0 Å². The second-order valence-electron chi connectivity index (χ2n) is 3.47. The molecule has 94 valence electrons. The van der Waals surface area contributed by atoms with Gasteiger partial charge in [0, 0.05) is 11.3 Å². The average molecular weight is 256 g/mol. The van der Waals surface area contributed by atoms with Gasteiger partial charge >= 0.3 is 5.97 Å². The smallest absolute Gasteiger partial charge is 0.306 e. The van der Waals surface area contributed by atoms with Crippen LogP contribution < -0.4 is 0 Å². The van der Waals surface area contributed by atoms with Crippen LogP contribution in [0.1, 0.15) is 25.5 Å². The van der Waals surface area contributed by atoms with Crippen LogP contribution in [0.15, 0.2) is 21.6 Å². The molecule has 4 nitrogen and oxygen atoms in total. The summed E-state index contributed by atoms with van der Waals surface area (Å²) in [6.45, 7) is 3.96. The molecule has 0 bridgehead atoms. The highest BCUT2D eigenvalue weighted by Crippen LogP contribution is 2.23. The maximum absolute atomic E-state index is 11.5. The Morgan fingerprint density at radius 3 is 2.76 bits per heavy atom. The third-order valence-electron chi connectivity index (χ3n) is 2.11. The summed E-state index contributed by atoms with van der Waals surface area (Å²) in [5, 5.41) is 0. The first-order valence-corrected chi connectivity index (χ1v) is 6.46. The SMILES string of the molecule is CCOC(=O)CCC(=O)CSc1ccoc1C. The van der Waals surface area contributed by atoms with E-state index in [1.165, 1.54) is 11.8 Å². The molecule has 1 rings (SSSR count). The van der Waals surface area contributed by atoms with Crippen molar-refractivity contribution in [3.05, 3.63) is 18.1 Å². The summed E-state index contributed by atoms with van der Waals surface area (Å²) in [7, 11) is 0. The van der Waals surface area contributed by atoms with E-state index in [2.05, 4.69) is 0 Å². The summed E-state index contributed by atoms with van der Waals surface area (Å²) in [5.41, 5.74) is 0. The van der Waals surface area contributed by atoms with E-state index in [0.717, 1.165) is 10.7 Å². The number of ether oxygens (including phenoxy) is 1. The minimum atomic E-state index is -0.314. The molecule has 0 fully saturated rings. The Bertz CT molecular complexity index is 384. The van der Waals surface area contributed by atoms with Crippen LogP contribution in [0, 0.1) is 6.92 Å². The van der Waals surface area contributed by atoms with Crippen LogP contribution in [0.4, 0.5) is 0 Å². The second kappa shape index (κ2) is 7.17. The number of furan rings is 1. The van der Waals surface area contributed by atoms with Crippen molar-refractivity contribution < 1.29 is 18.7 Å². The van der Waals surface area contributed by atoms with Gasteiger partial charge in [0.1, 0.15) is 11.5 Å². The first-order valence-electron chi connectivity index (χ1n) is 5.47. The van der Waals surface area contributed by atoms with Crippen LogP contribution in [-0.2, 0) is 14.3 Å². The molecule has 0 spiro atoms. The molecule has 1 heterocycles. The van der Waals surface area contributed by atoms with Gasteiger partial charge in [-0.25, -0.2) is 0 Å². The number of carbonyl (C=O) groups is 2. The Kier molecular flexibility index (Phi) is 5.83. The Hall–Kier alpha value is -1.23. The van der Waals surface area contributed by atoms with Crippen molar-refractivity contribution in [2.24, 2.45) is 0 Å². The monoisotopic (exact) mass is 256 g/mol. The number of carbonyl (C=O) groups excluding carboxylic acids is 2. The predicted molar refractivity (Wildman–Crippen MR) is 65.0 cm³/mol. The lowest BCUT2D eigenvalue weighted by molar-refractivity contribution is -0.144. The van der Waals surface area contributed by atoms with Crippen molar-refractivity contribution in [3.63, 3.8) is 0 Å². The number of Topliss-reactive ketones (excluding diaryl/α,β-unsaturated/α-hetero) is 1. The van der Waals surface area contributed by atoms with Crippen molar-refractivity contribution in [2.75, 3.05) is 12.4 Å². The van der Waals surface area contributed by atoms with Gasteiger partial charge in [-0.3, -0.25) is 9.59 Å². The van der Waals surface area contributed by atoms with Gasteiger partial charge in [-0.2, -0.15) is 0 Å². The summed E-state index contributed by atoms with van der Waals surface area (Å²) in [6.07, 6.45) is 2.00. The van der Waals surface area contributed by atoms with Gasteiger partial charge in [0.2, 0.25) is 0 Å². The number of thioether (sulfide) groups is 1. The van der Waals surface area contributed by atoms with Gasteiger partial charge in [-0.05, 0) is 19.9 Å². The van der Waals surface area contributed by atoms with Gasteiger partial charge in [0.15, 0.2) is 0 Å². The lowest BCUT2D eigenvalue weighted by atomic mass is 10.2. The van der Waals surface area contributed by atoms with Gasteiger partial charge in [-0.1, -0.05) is 0 Å². The highest BCUT2D eigenvalue weighted by Gasteiger charge is 2.09. The molecule has 0 atom stereocenters. The fourth-order valence-electron chi connectivity index (χ4n) is 1.23. The topological polar surface area (TPSA) is 56.5 Å². The summed E-state index contributed by atoms with van der Waals surface area (Å²) >= 11 is 1.43. The molecule has 1 aromatic heterocycles. The molecule has 0 saturated heterocycles. The molecule has 0 aliphatic carbocycles. The first kappa shape index (κ1) is 13.8. The maximum Gasteiger partial charge on any atom is 0.306 e. The molecule has 0 unspecified atom stereocenters. The molecule has 5 heteroatoms. The van der Waals surface area contributed by atoms with E-state index < -0.39 is 0 Å². The van der Waals surface area contributed by atoms with E-state index in [4.69, 9.17) is 9.15 Å². The van der Waals surface area contributed by atoms with Crippen LogP contribution in [0.3, 0.4) is 0 Å². The Morgan fingerprint density at radius 1 is 1.41 bits per heavy atom. The fourth-order valence-corrected chi connectivity index (χ4v) is 2.09. The van der Waals surface area contributed by atoms with E-state index in [1.807, 2.05) is 13.0 Å². The molecular formula is C12H16O4S. The number of esters is 1. The van der Waals surface area contributed by atoms with Crippen molar-refractivity contribution in [2.45, 2.75) is 31.6 Å². The summed E-state index contributed by atoms with van der Waals surface area (Å²) in [4.78, 5) is 23.5. The normalized spacial score (nSPS) is 10.2. The van der Waals surface area contributed by atoms with Crippen molar-refractivity contribution in [1.29, 1.82) is 0 Å². The fraction of sp³-hybridized carbons (Fsp3) is 0.500. The quantitative estimate of drug-likeness (QED) is 0.554. The molecule has 0 radical (unpaired) electrons. The van der Waals surface area contributed by atoms with Gasteiger partial charge in [0.25, 0.3) is 0 Å². The average Bonchev–Trinajstić information content (AvgIpc) is 2.70. The first-order chi connectivity index (χ1) is 8.13. The van der Waals surface area contributed by atoms with E-state index >= 15 is 0 Å². The van der Waals surface area contributed by atoms with Crippen LogP contribution >= 0.6 is 11.8 Å². The van der Waals surface area contributed by atoms with Gasteiger partial charge in [0.05, 0.1) is 25.0 Å². The summed E-state index contributed by atoms with van der Waals surface area (Å²) in [5.74, 6) is 0.905. The van der Waals surface area contributed by atoms with Gasteiger partial charge < -0.3 is 9.15 Å². The second-order valence-corrected chi connectivity index (χ2v) is 4.49. The Morgan fingerprint density at radius 2 is 2.18 bits per heavy atom. The number of hydrogen-bond donors (Lipinski definition) is 0. The molecule has 0 saturated carbocycles. The highest BCUT2D eigenvalue weighted by molar-refractivity contribution is 8.00.